The van der Waals surface area contributed by atoms with Crippen LogP contribution in [0.1, 0.15) is 12.8 Å². The zero-order chi connectivity index (χ0) is 14.8. The number of sulfonamides is 1. The van der Waals surface area contributed by atoms with E-state index in [1.54, 1.807) is 0 Å². The fourth-order valence-corrected chi connectivity index (χ4v) is 3.74. The van der Waals surface area contributed by atoms with E-state index in [-0.39, 0.29) is 11.6 Å². The van der Waals surface area contributed by atoms with Crippen LogP contribution in [-0.2, 0) is 14.8 Å². The van der Waals surface area contributed by atoms with Crippen molar-refractivity contribution in [3.63, 3.8) is 0 Å². The zero-order valence-corrected chi connectivity index (χ0v) is 12.2. The summed E-state index contributed by atoms with van der Waals surface area (Å²) < 4.78 is 45.0. The van der Waals surface area contributed by atoms with Crippen molar-refractivity contribution in [1.29, 1.82) is 0 Å². The smallest absolute Gasteiger partial charge is 0.247 e. The summed E-state index contributed by atoms with van der Waals surface area (Å²) >= 11 is 0. The van der Waals surface area contributed by atoms with E-state index in [9.17, 15) is 12.8 Å². The van der Waals surface area contributed by atoms with Crippen LogP contribution in [0.3, 0.4) is 0 Å². The fraction of sp³-hybridized carbons (Fsp3) is 0.538. The Morgan fingerprint density at radius 3 is 2.65 bits per heavy atom. The van der Waals surface area contributed by atoms with E-state index in [1.165, 1.54) is 23.5 Å². The molecule has 2 N–H and O–H groups in total. The fourth-order valence-electron chi connectivity index (χ4n) is 2.34. The molecule has 1 aromatic carbocycles. The summed E-state index contributed by atoms with van der Waals surface area (Å²) in [6.07, 6.45) is 1.62. The van der Waals surface area contributed by atoms with Crippen LogP contribution in [-0.4, -0.2) is 39.5 Å². The van der Waals surface area contributed by atoms with Crippen LogP contribution in [0.15, 0.2) is 23.1 Å². The van der Waals surface area contributed by atoms with E-state index >= 15 is 0 Å². The van der Waals surface area contributed by atoms with Gasteiger partial charge in [-0.1, -0.05) is 6.07 Å². The van der Waals surface area contributed by atoms with Gasteiger partial charge in [-0.25, -0.2) is 17.1 Å². The molecule has 1 saturated heterocycles. The van der Waals surface area contributed by atoms with Crippen molar-refractivity contribution in [2.75, 3.05) is 32.5 Å². The Bertz CT molecular complexity index is 551. The molecular formula is C13H19FN2O3S. The van der Waals surface area contributed by atoms with Crippen LogP contribution in [0.25, 0.3) is 0 Å². The van der Waals surface area contributed by atoms with Crippen molar-refractivity contribution in [1.82, 2.24) is 4.31 Å². The lowest BCUT2D eigenvalue weighted by Gasteiger charge is -2.27. The Balaban J connectivity index is 2.21. The number of hydrogen-bond donors (Lipinski definition) is 1. The van der Waals surface area contributed by atoms with Crippen molar-refractivity contribution in [2.45, 2.75) is 17.7 Å². The van der Waals surface area contributed by atoms with Gasteiger partial charge in [-0.2, -0.15) is 0 Å². The Kier molecular flexibility index (Phi) is 4.62. The molecule has 1 aliphatic rings. The van der Waals surface area contributed by atoms with Gasteiger partial charge in [0.1, 0.15) is 10.7 Å². The lowest BCUT2D eigenvalue weighted by atomic mass is 10.0. The summed E-state index contributed by atoms with van der Waals surface area (Å²) in [6, 6.07) is 3.88. The minimum absolute atomic E-state index is 0.0659. The summed E-state index contributed by atoms with van der Waals surface area (Å²) in [5, 5.41) is 0. The van der Waals surface area contributed by atoms with E-state index in [0.29, 0.717) is 19.8 Å². The summed E-state index contributed by atoms with van der Waals surface area (Å²) in [4.78, 5) is -0.436. The number of rotatable bonds is 4. The first-order valence-corrected chi connectivity index (χ1v) is 7.95. The molecule has 1 aliphatic heterocycles. The van der Waals surface area contributed by atoms with Crippen molar-refractivity contribution >= 4 is 15.7 Å². The van der Waals surface area contributed by atoms with E-state index in [0.717, 1.165) is 18.9 Å². The second-order valence-corrected chi connectivity index (χ2v) is 6.98. The number of nitrogen functional groups attached to an aromatic ring is 1. The SMILES string of the molecule is CN(CC1CCOCC1)S(=O)(=O)c1c(N)cccc1F. The highest BCUT2D eigenvalue weighted by Gasteiger charge is 2.29. The maximum Gasteiger partial charge on any atom is 0.247 e. The normalized spacial score (nSPS) is 17.6. The van der Waals surface area contributed by atoms with Crippen molar-refractivity contribution < 1.29 is 17.5 Å². The second-order valence-electron chi connectivity index (χ2n) is 5.00. The minimum Gasteiger partial charge on any atom is -0.398 e. The van der Waals surface area contributed by atoms with Crippen LogP contribution in [0, 0.1) is 11.7 Å². The number of benzene rings is 1. The highest BCUT2D eigenvalue weighted by atomic mass is 32.2. The minimum atomic E-state index is -3.91. The van der Waals surface area contributed by atoms with Gasteiger partial charge in [0.05, 0.1) is 5.69 Å². The van der Waals surface area contributed by atoms with Gasteiger partial charge in [-0.05, 0) is 30.9 Å². The van der Waals surface area contributed by atoms with Gasteiger partial charge < -0.3 is 10.5 Å². The molecule has 0 bridgehead atoms. The predicted molar refractivity (Wildman–Crippen MR) is 74.2 cm³/mol. The van der Waals surface area contributed by atoms with Gasteiger partial charge in [0.25, 0.3) is 0 Å². The molecule has 0 saturated carbocycles. The number of hydrogen-bond acceptors (Lipinski definition) is 4. The second kappa shape index (κ2) is 6.07. The van der Waals surface area contributed by atoms with E-state index in [4.69, 9.17) is 10.5 Å². The monoisotopic (exact) mass is 302 g/mol. The number of ether oxygens (including phenoxy) is 1. The Morgan fingerprint density at radius 1 is 1.40 bits per heavy atom. The third kappa shape index (κ3) is 3.11. The third-order valence-corrected chi connectivity index (χ3v) is 5.44. The molecule has 1 heterocycles. The first-order chi connectivity index (χ1) is 9.43. The zero-order valence-electron chi connectivity index (χ0n) is 11.4. The van der Waals surface area contributed by atoms with Crippen LogP contribution < -0.4 is 5.73 Å². The van der Waals surface area contributed by atoms with Gasteiger partial charge >= 0.3 is 0 Å². The molecule has 5 nitrogen and oxygen atoms in total. The average molecular weight is 302 g/mol. The van der Waals surface area contributed by atoms with Gasteiger partial charge in [0.2, 0.25) is 10.0 Å². The van der Waals surface area contributed by atoms with E-state index in [1.807, 2.05) is 0 Å². The summed E-state index contributed by atoms with van der Waals surface area (Å²) in [5.74, 6) is -0.583. The average Bonchev–Trinajstić information content (AvgIpc) is 2.39. The highest BCUT2D eigenvalue weighted by molar-refractivity contribution is 7.89. The molecule has 0 radical (unpaired) electrons. The first-order valence-electron chi connectivity index (χ1n) is 6.51. The molecule has 7 heteroatoms. The quantitative estimate of drug-likeness (QED) is 0.855. The summed E-state index contributed by atoms with van der Waals surface area (Å²) in [7, 11) is -2.45. The Hall–Kier alpha value is -1.18. The molecule has 0 unspecified atom stereocenters. The number of halogens is 1. The third-order valence-electron chi connectivity index (χ3n) is 3.52. The first kappa shape index (κ1) is 15.2. The highest BCUT2D eigenvalue weighted by Crippen LogP contribution is 2.26. The number of anilines is 1. The molecular weight excluding hydrogens is 283 g/mol. The van der Waals surface area contributed by atoms with Crippen molar-refractivity contribution in [2.24, 2.45) is 5.92 Å². The summed E-state index contributed by atoms with van der Waals surface area (Å²) in [5.41, 5.74) is 5.55. The van der Waals surface area contributed by atoms with Gasteiger partial charge in [-0.15, -0.1) is 0 Å². The Labute approximate surface area is 118 Å². The van der Waals surface area contributed by atoms with Crippen molar-refractivity contribution in [3.8, 4) is 0 Å². The molecule has 0 atom stereocenters. The standard InChI is InChI=1S/C13H19FN2O3S/c1-16(9-10-5-7-19-8-6-10)20(17,18)13-11(14)3-2-4-12(13)15/h2-4,10H,5-9,15H2,1H3. The molecule has 0 aliphatic carbocycles. The van der Waals surface area contributed by atoms with Gasteiger partial charge in [0.15, 0.2) is 0 Å². The maximum absolute atomic E-state index is 13.8. The Morgan fingerprint density at radius 2 is 2.05 bits per heavy atom. The van der Waals surface area contributed by atoms with Crippen LogP contribution >= 0.6 is 0 Å². The summed E-state index contributed by atoms with van der Waals surface area (Å²) in [6.45, 7) is 1.63. The van der Waals surface area contributed by atoms with Crippen LogP contribution in [0.5, 0.6) is 0 Å². The number of nitrogens with zero attached hydrogens (tertiary/aromatic N) is 1. The predicted octanol–water partition coefficient (Wildman–Crippen LogP) is 1.45. The molecule has 20 heavy (non-hydrogen) atoms. The van der Waals surface area contributed by atoms with Gasteiger partial charge in [-0.3, -0.25) is 0 Å². The molecule has 1 fully saturated rings. The molecule has 0 aromatic heterocycles. The topological polar surface area (TPSA) is 72.6 Å². The molecule has 0 spiro atoms. The lowest BCUT2D eigenvalue weighted by Crippen LogP contribution is -2.35. The van der Waals surface area contributed by atoms with Crippen LogP contribution in [0.2, 0.25) is 0 Å². The van der Waals surface area contributed by atoms with E-state index in [2.05, 4.69) is 0 Å². The van der Waals surface area contributed by atoms with Crippen LogP contribution in [0.4, 0.5) is 10.1 Å². The molecule has 1 aromatic rings. The van der Waals surface area contributed by atoms with Gasteiger partial charge in [0, 0.05) is 26.8 Å². The molecule has 112 valence electrons. The molecule has 0 amide bonds. The maximum atomic E-state index is 13.8. The lowest BCUT2D eigenvalue weighted by molar-refractivity contribution is 0.0620. The largest absolute Gasteiger partial charge is 0.398 e. The molecule has 2 rings (SSSR count). The van der Waals surface area contributed by atoms with E-state index < -0.39 is 20.7 Å². The van der Waals surface area contributed by atoms with Crippen molar-refractivity contribution in [3.05, 3.63) is 24.0 Å². The number of nitrogens with two attached hydrogens (primary N) is 1.